The van der Waals surface area contributed by atoms with E-state index in [0.29, 0.717) is 5.88 Å². The van der Waals surface area contributed by atoms with Gasteiger partial charge in [-0.2, -0.15) is 0 Å². The van der Waals surface area contributed by atoms with E-state index in [1.807, 2.05) is 0 Å². The molecule has 76 valence electrons. The van der Waals surface area contributed by atoms with Crippen LogP contribution in [0.3, 0.4) is 0 Å². The van der Waals surface area contributed by atoms with Crippen LogP contribution in [0.2, 0.25) is 0 Å². The Bertz CT molecular complexity index is 363. The quantitative estimate of drug-likeness (QED) is 0.697. The molecule has 5 nitrogen and oxygen atoms in total. The van der Waals surface area contributed by atoms with Crippen LogP contribution in [0.15, 0.2) is 17.2 Å². The Balaban J connectivity index is 2.07. The van der Waals surface area contributed by atoms with Gasteiger partial charge in [0.2, 0.25) is 5.88 Å². The molecule has 0 radical (unpaired) electrons. The van der Waals surface area contributed by atoms with E-state index in [9.17, 15) is 4.79 Å². The Hall–Kier alpha value is -1.36. The van der Waals surface area contributed by atoms with Crippen LogP contribution in [-0.2, 0) is 0 Å². The molecule has 1 aliphatic rings. The van der Waals surface area contributed by atoms with Crippen molar-refractivity contribution in [2.45, 2.75) is 31.4 Å². The van der Waals surface area contributed by atoms with Crippen molar-refractivity contribution in [1.29, 1.82) is 0 Å². The fourth-order valence-corrected chi connectivity index (χ4v) is 1.67. The molecule has 1 aromatic rings. The summed E-state index contributed by atoms with van der Waals surface area (Å²) in [4.78, 5) is 17.3. The van der Waals surface area contributed by atoms with Crippen LogP contribution in [0.1, 0.15) is 19.3 Å². The van der Waals surface area contributed by atoms with Gasteiger partial charge in [0.25, 0.3) is 5.56 Å². The summed E-state index contributed by atoms with van der Waals surface area (Å²) in [6.07, 6.45) is 4.33. The van der Waals surface area contributed by atoms with Crippen LogP contribution in [0.25, 0.3) is 0 Å². The number of nitrogens with one attached hydrogen (secondary N) is 1. The molecule has 1 heterocycles. The molecule has 0 bridgehead atoms. The SMILES string of the molecule is NC1CCCC1Oc1cc(=O)[nH]cn1. The van der Waals surface area contributed by atoms with Crippen molar-refractivity contribution in [1.82, 2.24) is 9.97 Å². The molecule has 1 saturated carbocycles. The van der Waals surface area contributed by atoms with Crippen LogP contribution in [0, 0.1) is 0 Å². The number of rotatable bonds is 2. The number of aromatic amines is 1. The Morgan fingerprint density at radius 1 is 1.57 bits per heavy atom. The topological polar surface area (TPSA) is 81.0 Å². The highest BCUT2D eigenvalue weighted by Crippen LogP contribution is 2.21. The van der Waals surface area contributed by atoms with Gasteiger partial charge in [0.1, 0.15) is 6.10 Å². The van der Waals surface area contributed by atoms with Gasteiger partial charge >= 0.3 is 0 Å². The van der Waals surface area contributed by atoms with Crippen molar-refractivity contribution in [2.24, 2.45) is 5.73 Å². The normalized spacial score (nSPS) is 26.4. The van der Waals surface area contributed by atoms with Gasteiger partial charge in [0.15, 0.2) is 0 Å². The van der Waals surface area contributed by atoms with Crippen molar-refractivity contribution in [3.05, 3.63) is 22.7 Å². The second kappa shape index (κ2) is 3.79. The van der Waals surface area contributed by atoms with Gasteiger partial charge in [-0.25, -0.2) is 4.98 Å². The monoisotopic (exact) mass is 195 g/mol. The van der Waals surface area contributed by atoms with E-state index in [0.717, 1.165) is 19.3 Å². The average Bonchev–Trinajstić information content (AvgIpc) is 2.52. The lowest BCUT2D eigenvalue weighted by atomic mass is 10.2. The van der Waals surface area contributed by atoms with Crippen LogP contribution in [0.4, 0.5) is 0 Å². The lowest BCUT2D eigenvalue weighted by molar-refractivity contribution is 0.183. The average molecular weight is 195 g/mol. The summed E-state index contributed by atoms with van der Waals surface area (Å²) in [6.45, 7) is 0. The molecule has 3 N–H and O–H groups in total. The summed E-state index contributed by atoms with van der Waals surface area (Å²) >= 11 is 0. The van der Waals surface area contributed by atoms with E-state index in [1.165, 1.54) is 12.4 Å². The number of nitrogens with zero attached hydrogens (tertiary/aromatic N) is 1. The minimum Gasteiger partial charge on any atom is -0.473 e. The minimum absolute atomic E-state index is 0.00398. The molecular formula is C9H13N3O2. The first-order valence-corrected chi connectivity index (χ1v) is 4.72. The molecule has 5 heteroatoms. The highest BCUT2D eigenvalue weighted by Gasteiger charge is 2.25. The zero-order valence-corrected chi connectivity index (χ0v) is 7.77. The van der Waals surface area contributed by atoms with Gasteiger partial charge in [-0.05, 0) is 19.3 Å². The number of H-pyrrole nitrogens is 1. The minimum atomic E-state index is -0.207. The fourth-order valence-electron chi connectivity index (χ4n) is 1.67. The Kier molecular flexibility index (Phi) is 2.49. The summed E-state index contributed by atoms with van der Waals surface area (Å²) in [5, 5.41) is 0. The van der Waals surface area contributed by atoms with Crippen LogP contribution >= 0.6 is 0 Å². The maximum atomic E-state index is 10.9. The van der Waals surface area contributed by atoms with E-state index >= 15 is 0 Å². The number of hydrogen-bond donors (Lipinski definition) is 2. The highest BCUT2D eigenvalue weighted by atomic mass is 16.5. The van der Waals surface area contributed by atoms with E-state index in [4.69, 9.17) is 10.5 Å². The third-order valence-corrected chi connectivity index (χ3v) is 2.43. The molecular weight excluding hydrogens is 182 g/mol. The molecule has 1 aromatic heterocycles. The van der Waals surface area contributed by atoms with Crippen molar-refractivity contribution >= 4 is 0 Å². The summed E-state index contributed by atoms with van der Waals surface area (Å²) in [7, 11) is 0. The summed E-state index contributed by atoms with van der Waals surface area (Å²) < 4.78 is 5.51. The predicted molar refractivity (Wildman–Crippen MR) is 51.1 cm³/mol. The lowest BCUT2D eigenvalue weighted by Crippen LogP contribution is -2.34. The molecule has 2 unspecified atom stereocenters. The van der Waals surface area contributed by atoms with Gasteiger partial charge in [-0.1, -0.05) is 0 Å². The Morgan fingerprint density at radius 3 is 3.07 bits per heavy atom. The molecule has 0 aromatic carbocycles. The molecule has 0 saturated heterocycles. The zero-order valence-electron chi connectivity index (χ0n) is 7.77. The second-order valence-electron chi connectivity index (χ2n) is 3.50. The van der Waals surface area contributed by atoms with Crippen molar-refractivity contribution in [3.63, 3.8) is 0 Å². The Labute approximate surface area is 81.3 Å². The molecule has 2 atom stereocenters. The Morgan fingerprint density at radius 2 is 2.43 bits per heavy atom. The summed E-state index contributed by atoms with van der Waals surface area (Å²) in [6, 6.07) is 1.40. The number of hydrogen-bond acceptors (Lipinski definition) is 4. The van der Waals surface area contributed by atoms with Gasteiger partial charge < -0.3 is 15.5 Å². The molecule has 0 aliphatic heterocycles. The number of ether oxygens (including phenoxy) is 1. The molecule has 2 rings (SSSR count). The van der Waals surface area contributed by atoms with E-state index in [1.54, 1.807) is 0 Å². The first-order valence-electron chi connectivity index (χ1n) is 4.72. The summed E-state index contributed by atoms with van der Waals surface area (Å²) in [5.74, 6) is 0.358. The first kappa shape index (κ1) is 9.21. The maximum absolute atomic E-state index is 10.9. The molecule has 0 spiro atoms. The van der Waals surface area contributed by atoms with Crippen molar-refractivity contribution in [2.75, 3.05) is 0 Å². The fraction of sp³-hybridized carbons (Fsp3) is 0.556. The maximum Gasteiger partial charge on any atom is 0.254 e. The van der Waals surface area contributed by atoms with Gasteiger partial charge in [-0.3, -0.25) is 4.79 Å². The van der Waals surface area contributed by atoms with E-state index in [2.05, 4.69) is 9.97 Å². The van der Waals surface area contributed by atoms with E-state index < -0.39 is 0 Å². The summed E-state index contributed by atoms with van der Waals surface area (Å²) in [5.41, 5.74) is 5.62. The largest absolute Gasteiger partial charge is 0.473 e. The van der Waals surface area contributed by atoms with Crippen LogP contribution in [-0.4, -0.2) is 22.1 Å². The van der Waals surface area contributed by atoms with Gasteiger partial charge in [-0.15, -0.1) is 0 Å². The number of nitrogens with two attached hydrogens (primary N) is 1. The number of aromatic nitrogens is 2. The highest BCUT2D eigenvalue weighted by molar-refractivity contribution is 5.06. The zero-order chi connectivity index (χ0) is 9.97. The third kappa shape index (κ3) is 1.93. The first-order chi connectivity index (χ1) is 6.75. The van der Waals surface area contributed by atoms with Gasteiger partial charge in [0.05, 0.1) is 12.4 Å². The standard InChI is InChI=1S/C9H13N3O2/c10-6-2-1-3-7(6)14-9-4-8(13)11-5-12-9/h4-7H,1-3,10H2,(H,11,12,13). The van der Waals surface area contributed by atoms with Gasteiger partial charge in [0, 0.05) is 6.04 Å². The molecule has 0 amide bonds. The predicted octanol–water partition coefficient (Wildman–Crippen LogP) is 0.0285. The van der Waals surface area contributed by atoms with E-state index in [-0.39, 0.29) is 17.7 Å². The second-order valence-corrected chi connectivity index (χ2v) is 3.50. The smallest absolute Gasteiger partial charge is 0.254 e. The lowest BCUT2D eigenvalue weighted by Gasteiger charge is -2.16. The van der Waals surface area contributed by atoms with Crippen molar-refractivity contribution < 1.29 is 4.74 Å². The van der Waals surface area contributed by atoms with Crippen LogP contribution < -0.4 is 16.0 Å². The van der Waals surface area contributed by atoms with Crippen LogP contribution in [0.5, 0.6) is 5.88 Å². The third-order valence-electron chi connectivity index (χ3n) is 2.43. The molecule has 14 heavy (non-hydrogen) atoms. The van der Waals surface area contributed by atoms with Crippen molar-refractivity contribution in [3.8, 4) is 5.88 Å². The molecule has 1 aliphatic carbocycles. The molecule has 1 fully saturated rings.